The molecule has 0 aliphatic heterocycles. The predicted octanol–water partition coefficient (Wildman–Crippen LogP) is 1.91. The molecule has 0 aromatic heterocycles. The number of halogens is 2. The number of alkyl halides is 2. The highest BCUT2D eigenvalue weighted by Gasteiger charge is 2.42. The minimum absolute atomic E-state index is 0.0123. The van der Waals surface area contributed by atoms with Crippen LogP contribution in [0.5, 0.6) is 0 Å². The van der Waals surface area contributed by atoms with E-state index >= 15 is 0 Å². The summed E-state index contributed by atoms with van der Waals surface area (Å²) in [7, 11) is 0. The van der Waals surface area contributed by atoms with Crippen LogP contribution in [0.15, 0.2) is 0 Å². The van der Waals surface area contributed by atoms with E-state index in [1.54, 1.807) is 0 Å². The molecular formula is C12H22F2N2O. The first kappa shape index (κ1) is 14.4. The maximum absolute atomic E-state index is 13.0. The topological polar surface area (TPSA) is 55.1 Å². The molecule has 1 aliphatic rings. The molecule has 0 aromatic carbocycles. The summed E-state index contributed by atoms with van der Waals surface area (Å²) in [5, 5.41) is 2.84. The quantitative estimate of drug-likeness (QED) is 0.781. The lowest BCUT2D eigenvalue weighted by atomic mass is 9.99. The highest BCUT2D eigenvalue weighted by Crippen LogP contribution is 2.38. The van der Waals surface area contributed by atoms with Crippen LogP contribution in [0.2, 0.25) is 0 Å². The van der Waals surface area contributed by atoms with Crippen LogP contribution in [0, 0.1) is 11.8 Å². The van der Waals surface area contributed by atoms with Crippen LogP contribution in [0.1, 0.15) is 39.5 Å². The van der Waals surface area contributed by atoms with Crippen molar-refractivity contribution in [2.45, 2.75) is 51.5 Å². The number of carbonyl (C=O) groups excluding carboxylic acids is 1. The zero-order chi connectivity index (χ0) is 13.1. The van der Waals surface area contributed by atoms with Crippen molar-refractivity contribution in [2.75, 3.05) is 6.54 Å². The number of rotatable bonds is 5. The van der Waals surface area contributed by atoms with E-state index in [0.717, 1.165) is 0 Å². The van der Waals surface area contributed by atoms with Crippen LogP contribution in [0.25, 0.3) is 0 Å². The summed E-state index contributed by atoms with van der Waals surface area (Å²) in [5.74, 6) is -3.17. The van der Waals surface area contributed by atoms with Crippen molar-refractivity contribution in [1.82, 2.24) is 5.32 Å². The van der Waals surface area contributed by atoms with Gasteiger partial charge in [-0.05, 0) is 25.3 Å². The van der Waals surface area contributed by atoms with Crippen LogP contribution >= 0.6 is 0 Å². The molecule has 0 bridgehead atoms. The van der Waals surface area contributed by atoms with E-state index in [-0.39, 0.29) is 37.1 Å². The van der Waals surface area contributed by atoms with Gasteiger partial charge < -0.3 is 11.1 Å². The lowest BCUT2D eigenvalue weighted by Crippen LogP contribution is -2.42. The summed E-state index contributed by atoms with van der Waals surface area (Å²) < 4.78 is 26.0. The van der Waals surface area contributed by atoms with E-state index in [1.165, 1.54) is 0 Å². The Hall–Kier alpha value is -0.710. The number of hydrogen-bond donors (Lipinski definition) is 2. The van der Waals surface area contributed by atoms with Gasteiger partial charge in [-0.1, -0.05) is 13.8 Å². The molecule has 1 rings (SSSR count). The number of carbonyl (C=O) groups is 1. The Morgan fingerprint density at radius 2 is 2.18 bits per heavy atom. The lowest BCUT2D eigenvalue weighted by molar-refractivity contribution is -0.126. The zero-order valence-electron chi connectivity index (χ0n) is 10.5. The number of hydrogen-bond acceptors (Lipinski definition) is 2. The Bertz CT molecular complexity index is 269. The first-order chi connectivity index (χ1) is 7.85. The molecule has 0 heterocycles. The Morgan fingerprint density at radius 3 is 2.59 bits per heavy atom. The maximum Gasteiger partial charge on any atom is 0.248 e. The first-order valence-electron chi connectivity index (χ1n) is 6.24. The molecule has 1 aliphatic carbocycles. The Balaban J connectivity index is 2.48. The molecule has 100 valence electrons. The second-order valence-electron chi connectivity index (χ2n) is 5.23. The highest BCUT2D eigenvalue weighted by atomic mass is 19.3. The SMILES string of the molecule is CC(C)C(CCN)NC(=O)C1CCC(F)(F)C1. The Labute approximate surface area is 101 Å². The van der Waals surface area contributed by atoms with E-state index in [1.807, 2.05) is 13.8 Å². The largest absolute Gasteiger partial charge is 0.353 e. The van der Waals surface area contributed by atoms with Crippen molar-refractivity contribution in [1.29, 1.82) is 0 Å². The van der Waals surface area contributed by atoms with Gasteiger partial charge in [-0.2, -0.15) is 0 Å². The van der Waals surface area contributed by atoms with Gasteiger partial charge in [0.05, 0.1) is 0 Å². The number of nitrogens with two attached hydrogens (primary N) is 1. The molecule has 1 saturated carbocycles. The zero-order valence-corrected chi connectivity index (χ0v) is 10.5. The van der Waals surface area contributed by atoms with Crippen LogP contribution in [-0.4, -0.2) is 24.4 Å². The maximum atomic E-state index is 13.0. The van der Waals surface area contributed by atoms with Gasteiger partial charge in [-0.25, -0.2) is 8.78 Å². The summed E-state index contributed by atoms with van der Waals surface area (Å²) in [6.07, 6.45) is 0.486. The molecule has 1 fully saturated rings. The van der Waals surface area contributed by atoms with Crippen molar-refractivity contribution in [3.63, 3.8) is 0 Å². The fraction of sp³-hybridized carbons (Fsp3) is 0.917. The standard InChI is InChI=1S/C12H22F2N2O/c1-8(2)10(4-6-15)16-11(17)9-3-5-12(13,14)7-9/h8-10H,3-7,15H2,1-2H3,(H,16,17). The molecule has 2 atom stereocenters. The summed E-state index contributed by atoms with van der Waals surface area (Å²) >= 11 is 0. The molecular weight excluding hydrogens is 226 g/mol. The average Bonchev–Trinajstić information content (AvgIpc) is 2.58. The Morgan fingerprint density at radius 1 is 1.53 bits per heavy atom. The fourth-order valence-electron chi connectivity index (χ4n) is 2.23. The molecule has 3 nitrogen and oxygen atoms in total. The predicted molar refractivity (Wildman–Crippen MR) is 62.7 cm³/mol. The number of nitrogens with one attached hydrogen (secondary N) is 1. The second kappa shape index (κ2) is 5.76. The van der Waals surface area contributed by atoms with E-state index in [0.29, 0.717) is 13.0 Å². The van der Waals surface area contributed by atoms with Crippen molar-refractivity contribution in [3.8, 4) is 0 Å². The van der Waals surface area contributed by atoms with Crippen LogP contribution in [0.3, 0.4) is 0 Å². The average molecular weight is 248 g/mol. The molecule has 1 amide bonds. The van der Waals surface area contributed by atoms with Gasteiger partial charge in [0.2, 0.25) is 11.8 Å². The van der Waals surface area contributed by atoms with Gasteiger partial charge >= 0.3 is 0 Å². The van der Waals surface area contributed by atoms with Crippen molar-refractivity contribution < 1.29 is 13.6 Å². The van der Waals surface area contributed by atoms with Crippen molar-refractivity contribution in [3.05, 3.63) is 0 Å². The molecule has 0 spiro atoms. The van der Waals surface area contributed by atoms with E-state index in [2.05, 4.69) is 5.32 Å². The molecule has 5 heteroatoms. The van der Waals surface area contributed by atoms with E-state index in [9.17, 15) is 13.6 Å². The van der Waals surface area contributed by atoms with Crippen LogP contribution < -0.4 is 11.1 Å². The molecule has 0 aromatic rings. The third-order valence-electron chi connectivity index (χ3n) is 3.38. The smallest absolute Gasteiger partial charge is 0.248 e. The normalized spacial score (nSPS) is 24.9. The summed E-state index contributed by atoms with van der Waals surface area (Å²) in [4.78, 5) is 11.8. The van der Waals surface area contributed by atoms with Gasteiger partial charge in [0, 0.05) is 24.8 Å². The van der Waals surface area contributed by atoms with Crippen LogP contribution in [-0.2, 0) is 4.79 Å². The van der Waals surface area contributed by atoms with Crippen molar-refractivity contribution >= 4 is 5.91 Å². The van der Waals surface area contributed by atoms with Gasteiger partial charge in [-0.15, -0.1) is 0 Å². The van der Waals surface area contributed by atoms with Crippen molar-refractivity contribution in [2.24, 2.45) is 17.6 Å². The molecule has 0 radical (unpaired) electrons. The van der Waals surface area contributed by atoms with Gasteiger partial charge in [0.15, 0.2) is 0 Å². The molecule has 17 heavy (non-hydrogen) atoms. The second-order valence-corrected chi connectivity index (χ2v) is 5.23. The summed E-state index contributed by atoms with van der Waals surface area (Å²) in [6.45, 7) is 4.47. The Kier molecular flexibility index (Phi) is 4.86. The third-order valence-corrected chi connectivity index (χ3v) is 3.38. The summed E-state index contributed by atoms with van der Waals surface area (Å²) in [6, 6.07) is -0.0123. The molecule has 2 unspecified atom stereocenters. The van der Waals surface area contributed by atoms with E-state index in [4.69, 9.17) is 5.73 Å². The third kappa shape index (κ3) is 4.22. The molecule has 3 N–H and O–H groups in total. The van der Waals surface area contributed by atoms with Gasteiger partial charge in [0.25, 0.3) is 0 Å². The van der Waals surface area contributed by atoms with Gasteiger partial charge in [-0.3, -0.25) is 4.79 Å². The minimum Gasteiger partial charge on any atom is -0.353 e. The summed E-state index contributed by atoms with van der Waals surface area (Å²) in [5.41, 5.74) is 5.47. The lowest BCUT2D eigenvalue weighted by Gasteiger charge is -2.23. The highest BCUT2D eigenvalue weighted by molar-refractivity contribution is 5.79. The molecule has 0 saturated heterocycles. The van der Waals surface area contributed by atoms with Gasteiger partial charge in [0.1, 0.15) is 0 Å². The van der Waals surface area contributed by atoms with Crippen LogP contribution in [0.4, 0.5) is 8.78 Å². The first-order valence-corrected chi connectivity index (χ1v) is 6.24. The number of amides is 1. The fourth-order valence-corrected chi connectivity index (χ4v) is 2.23. The monoisotopic (exact) mass is 248 g/mol. The van der Waals surface area contributed by atoms with E-state index < -0.39 is 11.8 Å². The minimum atomic E-state index is -2.66.